The molecule has 1 aromatic rings. The van der Waals surface area contributed by atoms with Gasteiger partial charge in [-0.15, -0.1) is 12.4 Å². The van der Waals surface area contributed by atoms with E-state index in [0.717, 1.165) is 43.5 Å². The van der Waals surface area contributed by atoms with Gasteiger partial charge in [-0.25, -0.2) is 8.78 Å². The molecule has 1 aliphatic heterocycles. The molecule has 3 rings (SSSR count). The number of rotatable bonds is 5. The number of hydrogen-bond acceptors (Lipinski definition) is 2. The molecule has 128 valence electrons. The van der Waals surface area contributed by atoms with Gasteiger partial charge < -0.3 is 10.2 Å². The smallest absolute Gasteiger partial charge is 0.227 e. The molecule has 23 heavy (non-hydrogen) atoms. The summed E-state index contributed by atoms with van der Waals surface area (Å²) in [7, 11) is 0. The monoisotopic (exact) mass is 344 g/mol. The molecule has 0 spiro atoms. The van der Waals surface area contributed by atoms with Crippen molar-refractivity contribution in [1.82, 2.24) is 10.2 Å². The largest absolute Gasteiger partial charge is 0.342 e. The fourth-order valence-electron chi connectivity index (χ4n) is 2.94. The van der Waals surface area contributed by atoms with Gasteiger partial charge in [0, 0.05) is 24.7 Å². The van der Waals surface area contributed by atoms with Gasteiger partial charge in [0.15, 0.2) is 0 Å². The Kier molecular flexibility index (Phi) is 6.36. The number of nitrogens with zero attached hydrogens (tertiary/aromatic N) is 1. The predicted molar refractivity (Wildman–Crippen MR) is 87.6 cm³/mol. The Morgan fingerprint density at radius 3 is 2.52 bits per heavy atom. The Hall–Kier alpha value is -1.20. The van der Waals surface area contributed by atoms with Crippen LogP contribution in [0.5, 0.6) is 0 Å². The van der Waals surface area contributed by atoms with Gasteiger partial charge in [-0.3, -0.25) is 4.79 Å². The number of carbonyl (C=O) groups excluding carboxylic acids is 1. The molecule has 2 fully saturated rings. The number of hydrogen-bond donors (Lipinski definition) is 1. The quantitative estimate of drug-likeness (QED) is 0.890. The molecule has 1 aromatic carbocycles. The van der Waals surface area contributed by atoms with Crippen LogP contribution in [0.4, 0.5) is 8.78 Å². The lowest BCUT2D eigenvalue weighted by Gasteiger charge is -2.32. The molecular formula is C17H23ClF2N2O. The van der Waals surface area contributed by atoms with Gasteiger partial charge in [0.1, 0.15) is 11.6 Å². The zero-order chi connectivity index (χ0) is 15.5. The van der Waals surface area contributed by atoms with Crippen molar-refractivity contribution in [3.8, 4) is 0 Å². The maximum absolute atomic E-state index is 13.6. The maximum Gasteiger partial charge on any atom is 0.227 e. The van der Waals surface area contributed by atoms with Crippen molar-refractivity contribution in [3.05, 3.63) is 35.4 Å². The van der Waals surface area contributed by atoms with Gasteiger partial charge in [0.2, 0.25) is 5.91 Å². The Balaban J connectivity index is 0.00000192. The van der Waals surface area contributed by atoms with Crippen molar-refractivity contribution < 1.29 is 13.6 Å². The first kappa shape index (κ1) is 18.1. The predicted octanol–water partition coefficient (Wildman–Crippen LogP) is 2.92. The topological polar surface area (TPSA) is 32.3 Å². The maximum atomic E-state index is 13.6. The van der Waals surface area contributed by atoms with E-state index in [4.69, 9.17) is 0 Å². The van der Waals surface area contributed by atoms with Crippen LogP contribution in [0, 0.1) is 17.6 Å². The third-order valence-electron chi connectivity index (χ3n) is 4.59. The van der Waals surface area contributed by atoms with E-state index in [0.29, 0.717) is 19.1 Å². The Morgan fingerprint density at radius 2 is 1.87 bits per heavy atom. The summed E-state index contributed by atoms with van der Waals surface area (Å²) < 4.78 is 26.7. The van der Waals surface area contributed by atoms with E-state index in [2.05, 4.69) is 5.32 Å². The van der Waals surface area contributed by atoms with Crippen LogP contribution in [-0.4, -0.2) is 36.5 Å². The van der Waals surface area contributed by atoms with Crippen LogP contribution >= 0.6 is 12.4 Å². The lowest BCUT2D eigenvalue weighted by atomic mass is 10.0. The SMILES string of the molecule is Cl.O=C(Cc1cc(F)ccc1F)N1CCC(NCC2CC2)CC1. The van der Waals surface area contributed by atoms with E-state index < -0.39 is 11.6 Å². The lowest BCUT2D eigenvalue weighted by molar-refractivity contribution is -0.131. The van der Waals surface area contributed by atoms with Crippen LogP contribution < -0.4 is 5.32 Å². The third kappa shape index (κ3) is 5.15. The highest BCUT2D eigenvalue weighted by molar-refractivity contribution is 5.85. The second kappa shape index (κ2) is 8.06. The molecule has 6 heteroatoms. The van der Waals surface area contributed by atoms with Crippen molar-refractivity contribution in [3.63, 3.8) is 0 Å². The van der Waals surface area contributed by atoms with Crippen LogP contribution in [0.15, 0.2) is 18.2 Å². The minimum Gasteiger partial charge on any atom is -0.342 e. The fraction of sp³-hybridized carbons (Fsp3) is 0.588. The lowest BCUT2D eigenvalue weighted by Crippen LogP contribution is -2.45. The first-order valence-corrected chi connectivity index (χ1v) is 8.07. The standard InChI is InChI=1S/C17H22F2N2O.ClH/c18-14-3-4-16(19)13(9-14)10-17(22)21-7-5-15(6-8-21)20-11-12-1-2-12;/h3-4,9,12,15,20H,1-2,5-8,10-11H2;1H. The molecule has 1 aliphatic carbocycles. The van der Waals surface area contributed by atoms with E-state index in [1.807, 2.05) is 0 Å². The number of benzene rings is 1. The van der Waals surface area contributed by atoms with Gasteiger partial charge in [0.05, 0.1) is 6.42 Å². The molecule has 1 saturated heterocycles. The van der Waals surface area contributed by atoms with Crippen LogP contribution in [-0.2, 0) is 11.2 Å². The van der Waals surface area contributed by atoms with Crippen molar-refractivity contribution in [2.45, 2.75) is 38.1 Å². The van der Waals surface area contributed by atoms with Gasteiger partial charge >= 0.3 is 0 Å². The second-order valence-corrected chi connectivity index (χ2v) is 6.42. The second-order valence-electron chi connectivity index (χ2n) is 6.42. The van der Waals surface area contributed by atoms with Crippen molar-refractivity contribution in [2.75, 3.05) is 19.6 Å². The molecular weight excluding hydrogens is 322 g/mol. The Bertz CT molecular complexity index is 543. The number of halogens is 3. The number of carbonyl (C=O) groups is 1. The zero-order valence-corrected chi connectivity index (χ0v) is 13.9. The van der Waals surface area contributed by atoms with E-state index in [-0.39, 0.29) is 30.3 Å². The van der Waals surface area contributed by atoms with E-state index >= 15 is 0 Å². The molecule has 0 aromatic heterocycles. The molecule has 1 N–H and O–H groups in total. The van der Waals surface area contributed by atoms with E-state index in [1.165, 1.54) is 12.8 Å². The molecule has 0 unspecified atom stereocenters. The van der Waals surface area contributed by atoms with Crippen LogP contribution in [0.2, 0.25) is 0 Å². The Labute approximate surface area is 141 Å². The molecule has 3 nitrogen and oxygen atoms in total. The fourth-order valence-corrected chi connectivity index (χ4v) is 2.94. The van der Waals surface area contributed by atoms with Gasteiger partial charge in [-0.05, 0) is 56.3 Å². The summed E-state index contributed by atoms with van der Waals surface area (Å²) in [6.07, 6.45) is 4.48. The molecule has 0 bridgehead atoms. The minimum atomic E-state index is -0.518. The number of nitrogens with one attached hydrogen (secondary N) is 1. The van der Waals surface area contributed by atoms with Gasteiger partial charge in [-0.2, -0.15) is 0 Å². The van der Waals surface area contributed by atoms with Gasteiger partial charge in [-0.1, -0.05) is 0 Å². The summed E-state index contributed by atoms with van der Waals surface area (Å²) in [5.41, 5.74) is 0.138. The highest BCUT2D eigenvalue weighted by Crippen LogP contribution is 2.28. The van der Waals surface area contributed by atoms with Gasteiger partial charge in [0.25, 0.3) is 0 Å². The normalized spacial score (nSPS) is 18.6. The van der Waals surface area contributed by atoms with Crippen molar-refractivity contribution in [1.29, 1.82) is 0 Å². The molecule has 1 saturated carbocycles. The van der Waals surface area contributed by atoms with Crippen molar-refractivity contribution >= 4 is 18.3 Å². The molecule has 1 amide bonds. The number of piperidine rings is 1. The van der Waals surface area contributed by atoms with E-state index in [1.54, 1.807) is 4.90 Å². The third-order valence-corrected chi connectivity index (χ3v) is 4.59. The molecule has 0 atom stereocenters. The Morgan fingerprint density at radius 1 is 1.17 bits per heavy atom. The summed E-state index contributed by atoms with van der Waals surface area (Å²) >= 11 is 0. The molecule has 0 radical (unpaired) electrons. The average Bonchev–Trinajstić information content (AvgIpc) is 3.33. The zero-order valence-electron chi connectivity index (χ0n) is 13.1. The molecule has 1 heterocycles. The van der Waals surface area contributed by atoms with Crippen LogP contribution in [0.25, 0.3) is 0 Å². The summed E-state index contributed by atoms with van der Waals surface area (Å²) in [4.78, 5) is 14.0. The first-order valence-electron chi connectivity index (χ1n) is 8.07. The highest BCUT2D eigenvalue weighted by Gasteiger charge is 2.26. The highest BCUT2D eigenvalue weighted by atomic mass is 35.5. The minimum absolute atomic E-state index is 0. The molecule has 2 aliphatic rings. The summed E-state index contributed by atoms with van der Waals surface area (Å²) in [5.74, 6) is -0.288. The van der Waals surface area contributed by atoms with Crippen LogP contribution in [0.1, 0.15) is 31.2 Å². The van der Waals surface area contributed by atoms with Crippen LogP contribution in [0.3, 0.4) is 0 Å². The summed E-state index contributed by atoms with van der Waals surface area (Å²) in [6.45, 7) is 2.48. The summed E-state index contributed by atoms with van der Waals surface area (Å²) in [6, 6.07) is 3.74. The first-order chi connectivity index (χ1) is 10.6. The van der Waals surface area contributed by atoms with E-state index in [9.17, 15) is 13.6 Å². The summed E-state index contributed by atoms with van der Waals surface area (Å²) in [5, 5.41) is 3.56. The average molecular weight is 345 g/mol. The number of amides is 1. The number of likely N-dealkylation sites (tertiary alicyclic amines) is 1. The van der Waals surface area contributed by atoms with Crippen molar-refractivity contribution in [2.24, 2.45) is 5.92 Å².